The second-order valence-corrected chi connectivity index (χ2v) is 4.93. The molecule has 1 heterocycles. The predicted molar refractivity (Wildman–Crippen MR) is 77.8 cm³/mol. The molecule has 4 heteroatoms. The van der Waals surface area contributed by atoms with E-state index < -0.39 is 0 Å². The van der Waals surface area contributed by atoms with Crippen LogP contribution in [0.2, 0.25) is 0 Å². The first-order chi connectivity index (χ1) is 9.86. The molecule has 2 aromatic carbocycles. The molecule has 1 atom stereocenters. The molecule has 0 amide bonds. The molecule has 0 saturated carbocycles. The van der Waals surface area contributed by atoms with Crippen molar-refractivity contribution in [2.75, 3.05) is 6.54 Å². The number of nitrogens with zero attached hydrogens (tertiary/aromatic N) is 3. The molecule has 0 fully saturated rings. The van der Waals surface area contributed by atoms with Crippen molar-refractivity contribution < 1.29 is 4.74 Å². The first-order valence-corrected chi connectivity index (χ1v) is 6.69. The fourth-order valence-corrected chi connectivity index (χ4v) is 2.59. The Morgan fingerprint density at radius 3 is 2.80 bits per heavy atom. The Balaban J connectivity index is 1.82. The van der Waals surface area contributed by atoms with Crippen molar-refractivity contribution in [3.8, 4) is 5.75 Å². The maximum absolute atomic E-state index is 8.40. The minimum atomic E-state index is -0.0298. The maximum atomic E-state index is 8.40. The van der Waals surface area contributed by atoms with Gasteiger partial charge in [-0.2, -0.15) is 0 Å². The molecule has 1 unspecified atom stereocenters. The summed E-state index contributed by atoms with van der Waals surface area (Å²) in [6.45, 7) is 0.385. The van der Waals surface area contributed by atoms with E-state index in [-0.39, 0.29) is 6.10 Å². The molecular formula is C16H15N3O. The highest BCUT2D eigenvalue weighted by atomic mass is 16.5. The van der Waals surface area contributed by atoms with Gasteiger partial charge in [0.15, 0.2) is 0 Å². The summed E-state index contributed by atoms with van der Waals surface area (Å²) in [7, 11) is 0. The van der Waals surface area contributed by atoms with Crippen LogP contribution in [0.3, 0.4) is 0 Å². The molecule has 3 rings (SSSR count). The first kappa shape index (κ1) is 12.6. The zero-order chi connectivity index (χ0) is 13.8. The Labute approximate surface area is 117 Å². The first-order valence-electron chi connectivity index (χ1n) is 6.69. The number of azide groups is 1. The van der Waals surface area contributed by atoms with Crippen LogP contribution in [0.15, 0.2) is 53.6 Å². The average Bonchev–Trinajstić information content (AvgIpc) is 2.90. The van der Waals surface area contributed by atoms with Gasteiger partial charge < -0.3 is 4.74 Å². The van der Waals surface area contributed by atoms with Crippen molar-refractivity contribution in [2.24, 2.45) is 5.11 Å². The van der Waals surface area contributed by atoms with Crippen LogP contribution >= 0.6 is 0 Å². The van der Waals surface area contributed by atoms with E-state index in [1.54, 1.807) is 0 Å². The second kappa shape index (κ2) is 5.68. The Morgan fingerprint density at radius 1 is 1.15 bits per heavy atom. The van der Waals surface area contributed by atoms with Crippen LogP contribution in [-0.4, -0.2) is 12.6 Å². The lowest BCUT2D eigenvalue weighted by Crippen LogP contribution is -2.16. The number of para-hydroxylation sites is 1. The lowest BCUT2D eigenvalue weighted by Gasteiger charge is -2.10. The molecule has 0 aromatic heterocycles. The van der Waals surface area contributed by atoms with Crippen LogP contribution in [-0.2, 0) is 12.8 Å². The minimum absolute atomic E-state index is 0.0298. The normalized spacial score (nSPS) is 16.1. The maximum Gasteiger partial charge on any atom is 0.126 e. The van der Waals surface area contributed by atoms with Crippen LogP contribution < -0.4 is 4.74 Å². The fraction of sp³-hybridized carbons (Fsp3) is 0.250. The van der Waals surface area contributed by atoms with Gasteiger partial charge in [-0.15, -0.1) is 0 Å². The van der Waals surface area contributed by atoms with Crippen molar-refractivity contribution in [2.45, 2.75) is 18.9 Å². The SMILES string of the molecule is [N-]=[N+]=NCC1Cc2cccc(Cc3ccccc3)c2O1. The van der Waals surface area contributed by atoms with Gasteiger partial charge in [0, 0.05) is 17.8 Å². The molecule has 20 heavy (non-hydrogen) atoms. The number of hydrogen-bond acceptors (Lipinski definition) is 2. The lowest BCUT2D eigenvalue weighted by atomic mass is 10.0. The molecule has 0 bridgehead atoms. The summed E-state index contributed by atoms with van der Waals surface area (Å²) in [4.78, 5) is 2.80. The van der Waals surface area contributed by atoms with E-state index in [1.807, 2.05) is 18.2 Å². The van der Waals surface area contributed by atoms with Gasteiger partial charge in [-0.3, -0.25) is 0 Å². The summed E-state index contributed by atoms with van der Waals surface area (Å²) < 4.78 is 5.95. The van der Waals surface area contributed by atoms with E-state index in [0.717, 1.165) is 18.6 Å². The van der Waals surface area contributed by atoms with E-state index >= 15 is 0 Å². The molecule has 1 aliphatic heterocycles. The Morgan fingerprint density at radius 2 is 2.00 bits per heavy atom. The summed E-state index contributed by atoms with van der Waals surface area (Å²) in [5.74, 6) is 0.967. The van der Waals surface area contributed by atoms with Gasteiger partial charge >= 0.3 is 0 Å². The van der Waals surface area contributed by atoms with Crippen LogP contribution in [0.25, 0.3) is 10.4 Å². The summed E-state index contributed by atoms with van der Waals surface area (Å²) in [5, 5.41) is 3.61. The van der Waals surface area contributed by atoms with Gasteiger partial charge in [0.1, 0.15) is 11.9 Å². The number of hydrogen-bond donors (Lipinski definition) is 0. The number of fused-ring (bicyclic) bond motifs is 1. The third-order valence-electron chi connectivity index (χ3n) is 3.50. The highest BCUT2D eigenvalue weighted by Gasteiger charge is 2.24. The molecule has 100 valence electrons. The van der Waals surface area contributed by atoms with Gasteiger partial charge in [-0.1, -0.05) is 53.6 Å². The summed E-state index contributed by atoms with van der Waals surface area (Å²) in [6, 6.07) is 16.6. The Bertz CT molecular complexity index is 648. The number of benzene rings is 2. The Hall–Kier alpha value is -2.45. The van der Waals surface area contributed by atoms with E-state index in [4.69, 9.17) is 10.3 Å². The third kappa shape index (κ3) is 2.60. The fourth-order valence-electron chi connectivity index (χ4n) is 2.59. The average molecular weight is 265 g/mol. The minimum Gasteiger partial charge on any atom is -0.489 e. The molecule has 2 aromatic rings. The van der Waals surface area contributed by atoms with Crippen LogP contribution in [0.5, 0.6) is 5.75 Å². The molecule has 0 spiro atoms. The summed E-state index contributed by atoms with van der Waals surface area (Å²) in [6.07, 6.45) is 1.65. The quantitative estimate of drug-likeness (QED) is 0.470. The highest BCUT2D eigenvalue weighted by molar-refractivity contribution is 5.46. The van der Waals surface area contributed by atoms with E-state index in [9.17, 15) is 0 Å². The molecule has 0 N–H and O–H groups in total. The molecular weight excluding hydrogens is 250 g/mol. The standard InChI is InChI=1S/C16H15N3O/c17-19-18-11-15-10-14-8-4-7-13(16(14)20-15)9-12-5-2-1-3-6-12/h1-8,15H,9-11H2. The molecule has 0 saturated heterocycles. The van der Waals surface area contributed by atoms with Crippen molar-refractivity contribution in [1.29, 1.82) is 0 Å². The monoisotopic (exact) mass is 265 g/mol. The molecule has 4 nitrogen and oxygen atoms in total. The van der Waals surface area contributed by atoms with E-state index in [2.05, 4.69) is 40.4 Å². The van der Waals surface area contributed by atoms with Gasteiger partial charge in [-0.05, 0) is 22.2 Å². The van der Waals surface area contributed by atoms with Gasteiger partial charge in [-0.25, -0.2) is 0 Å². The van der Waals surface area contributed by atoms with Crippen molar-refractivity contribution >= 4 is 0 Å². The smallest absolute Gasteiger partial charge is 0.126 e. The zero-order valence-corrected chi connectivity index (χ0v) is 11.1. The van der Waals surface area contributed by atoms with Gasteiger partial charge in [0.25, 0.3) is 0 Å². The van der Waals surface area contributed by atoms with Gasteiger partial charge in [0.05, 0.1) is 6.54 Å². The van der Waals surface area contributed by atoms with Crippen molar-refractivity contribution in [3.05, 3.63) is 75.7 Å². The number of ether oxygens (including phenoxy) is 1. The van der Waals surface area contributed by atoms with E-state index in [1.165, 1.54) is 16.7 Å². The van der Waals surface area contributed by atoms with Crippen molar-refractivity contribution in [1.82, 2.24) is 0 Å². The third-order valence-corrected chi connectivity index (χ3v) is 3.50. The summed E-state index contributed by atoms with van der Waals surface area (Å²) in [5.41, 5.74) is 12.1. The predicted octanol–water partition coefficient (Wildman–Crippen LogP) is 3.89. The Kier molecular flexibility index (Phi) is 3.57. The molecule has 1 aliphatic rings. The van der Waals surface area contributed by atoms with Gasteiger partial charge in [0.2, 0.25) is 0 Å². The zero-order valence-electron chi connectivity index (χ0n) is 11.1. The van der Waals surface area contributed by atoms with Crippen LogP contribution in [0, 0.1) is 0 Å². The highest BCUT2D eigenvalue weighted by Crippen LogP contribution is 2.33. The second-order valence-electron chi connectivity index (χ2n) is 4.93. The van der Waals surface area contributed by atoms with Crippen molar-refractivity contribution in [3.63, 3.8) is 0 Å². The number of rotatable bonds is 4. The molecule has 0 aliphatic carbocycles. The topological polar surface area (TPSA) is 58.0 Å². The van der Waals surface area contributed by atoms with Crippen LogP contribution in [0.1, 0.15) is 16.7 Å². The largest absolute Gasteiger partial charge is 0.489 e. The van der Waals surface area contributed by atoms with E-state index in [0.29, 0.717) is 6.54 Å². The molecule has 0 radical (unpaired) electrons. The van der Waals surface area contributed by atoms with Crippen LogP contribution in [0.4, 0.5) is 0 Å². The summed E-state index contributed by atoms with van der Waals surface area (Å²) >= 11 is 0. The lowest BCUT2D eigenvalue weighted by molar-refractivity contribution is 0.239.